The van der Waals surface area contributed by atoms with Crippen LogP contribution in [0.25, 0.3) is 22.2 Å². The number of fused-ring (bicyclic) bond motifs is 1. The molecule has 0 saturated carbocycles. The molecular weight excluding hydrogens is 408 g/mol. The van der Waals surface area contributed by atoms with Gasteiger partial charge >= 0.3 is 0 Å². The van der Waals surface area contributed by atoms with E-state index in [-0.39, 0.29) is 5.91 Å². The number of likely N-dealkylation sites (tertiary alicyclic amines) is 1. The van der Waals surface area contributed by atoms with E-state index in [1.165, 1.54) is 37.1 Å². The lowest BCUT2D eigenvalue weighted by Gasteiger charge is -2.15. The van der Waals surface area contributed by atoms with Gasteiger partial charge in [-0.1, -0.05) is 35.9 Å². The van der Waals surface area contributed by atoms with E-state index in [9.17, 15) is 4.79 Å². The van der Waals surface area contributed by atoms with Crippen molar-refractivity contribution in [3.05, 3.63) is 89.2 Å². The molecule has 2 aromatic heterocycles. The van der Waals surface area contributed by atoms with Crippen LogP contribution in [0.1, 0.15) is 39.9 Å². The average molecular weight is 437 g/mol. The molecule has 0 aliphatic carbocycles. The Morgan fingerprint density at radius 2 is 1.73 bits per heavy atom. The Bertz CT molecular complexity index is 1290. The number of amides is 1. The first-order valence-electron chi connectivity index (χ1n) is 11.5. The predicted octanol–water partition coefficient (Wildman–Crippen LogP) is 5.76. The molecule has 1 amide bonds. The lowest BCUT2D eigenvalue weighted by Crippen LogP contribution is -2.18. The zero-order valence-corrected chi connectivity index (χ0v) is 19.1. The molecular formula is C28H28N4O. The zero-order valence-electron chi connectivity index (χ0n) is 19.1. The van der Waals surface area contributed by atoms with Gasteiger partial charge < -0.3 is 5.32 Å². The molecule has 2 aromatic carbocycles. The van der Waals surface area contributed by atoms with Crippen molar-refractivity contribution in [2.75, 3.05) is 18.4 Å². The molecule has 0 bridgehead atoms. The van der Waals surface area contributed by atoms with Gasteiger partial charge in [-0.2, -0.15) is 0 Å². The SMILES string of the molecule is Cc1ccc(-c2ccc(C(=O)Nc3ccc4cc(CN5CCCC5)cnc4c3C)cn2)cc1. The zero-order chi connectivity index (χ0) is 22.8. The number of nitrogens with one attached hydrogen (secondary N) is 1. The highest BCUT2D eigenvalue weighted by molar-refractivity contribution is 6.05. The minimum Gasteiger partial charge on any atom is -0.322 e. The molecule has 1 N–H and O–H groups in total. The second-order valence-corrected chi connectivity index (χ2v) is 8.89. The summed E-state index contributed by atoms with van der Waals surface area (Å²) in [6, 6.07) is 18.1. The first kappa shape index (κ1) is 21.3. The fraction of sp³-hybridized carbons (Fsp3) is 0.250. The van der Waals surface area contributed by atoms with Gasteiger partial charge in [0, 0.05) is 35.6 Å². The lowest BCUT2D eigenvalue weighted by atomic mass is 10.1. The van der Waals surface area contributed by atoms with Crippen LogP contribution in [0.15, 0.2) is 67.0 Å². The Labute approximate surface area is 194 Å². The first-order valence-corrected chi connectivity index (χ1v) is 11.5. The van der Waals surface area contributed by atoms with Crippen molar-refractivity contribution in [1.29, 1.82) is 0 Å². The van der Waals surface area contributed by atoms with Crippen LogP contribution in [0.3, 0.4) is 0 Å². The molecule has 1 aliphatic rings. The van der Waals surface area contributed by atoms with Crippen LogP contribution in [-0.2, 0) is 6.54 Å². The Hall–Kier alpha value is -3.57. The summed E-state index contributed by atoms with van der Waals surface area (Å²) >= 11 is 0. The molecule has 5 nitrogen and oxygen atoms in total. The van der Waals surface area contributed by atoms with E-state index in [1.807, 2.05) is 49.5 Å². The van der Waals surface area contributed by atoms with Gasteiger partial charge in [-0.25, -0.2) is 0 Å². The second-order valence-electron chi connectivity index (χ2n) is 8.89. The van der Waals surface area contributed by atoms with Crippen LogP contribution in [0.2, 0.25) is 0 Å². The van der Waals surface area contributed by atoms with Gasteiger partial charge in [-0.15, -0.1) is 0 Å². The number of pyridine rings is 2. The maximum atomic E-state index is 12.9. The third kappa shape index (κ3) is 4.64. The number of aryl methyl sites for hydroxylation is 2. The van der Waals surface area contributed by atoms with Crippen LogP contribution in [-0.4, -0.2) is 33.9 Å². The summed E-state index contributed by atoms with van der Waals surface area (Å²) in [4.78, 5) is 24.6. The van der Waals surface area contributed by atoms with Crippen LogP contribution < -0.4 is 5.32 Å². The van der Waals surface area contributed by atoms with Crippen molar-refractivity contribution >= 4 is 22.5 Å². The van der Waals surface area contributed by atoms with Crippen LogP contribution in [0.5, 0.6) is 0 Å². The van der Waals surface area contributed by atoms with Crippen molar-refractivity contribution in [2.45, 2.75) is 33.2 Å². The molecule has 0 spiro atoms. The van der Waals surface area contributed by atoms with E-state index in [0.29, 0.717) is 5.56 Å². The van der Waals surface area contributed by atoms with Crippen molar-refractivity contribution in [2.24, 2.45) is 0 Å². The third-order valence-corrected chi connectivity index (χ3v) is 6.39. The van der Waals surface area contributed by atoms with Crippen molar-refractivity contribution < 1.29 is 4.79 Å². The topological polar surface area (TPSA) is 58.1 Å². The summed E-state index contributed by atoms with van der Waals surface area (Å²) in [5.41, 5.74) is 7.52. The number of anilines is 1. The molecule has 33 heavy (non-hydrogen) atoms. The van der Waals surface area contributed by atoms with E-state index in [2.05, 4.69) is 40.3 Å². The van der Waals surface area contributed by atoms with Gasteiger partial charge in [-0.05, 0) is 75.2 Å². The molecule has 3 heterocycles. The van der Waals surface area contributed by atoms with Crippen LogP contribution >= 0.6 is 0 Å². The molecule has 1 saturated heterocycles. The summed E-state index contributed by atoms with van der Waals surface area (Å²) in [5, 5.41) is 4.13. The van der Waals surface area contributed by atoms with Gasteiger partial charge in [0.1, 0.15) is 0 Å². The summed E-state index contributed by atoms with van der Waals surface area (Å²) < 4.78 is 0. The lowest BCUT2D eigenvalue weighted by molar-refractivity contribution is 0.102. The summed E-state index contributed by atoms with van der Waals surface area (Å²) in [6.07, 6.45) is 6.16. The van der Waals surface area contributed by atoms with E-state index in [1.54, 1.807) is 6.20 Å². The summed E-state index contributed by atoms with van der Waals surface area (Å²) in [5.74, 6) is -0.175. The van der Waals surface area contributed by atoms with E-state index < -0.39 is 0 Å². The van der Waals surface area contributed by atoms with Gasteiger partial charge in [0.15, 0.2) is 0 Å². The Morgan fingerprint density at radius 3 is 2.45 bits per heavy atom. The molecule has 1 aliphatic heterocycles. The highest BCUT2D eigenvalue weighted by Gasteiger charge is 2.14. The quantitative estimate of drug-likeness (QED) is 0.432. The molecule has 4 aromatic rings. The van der Waals surface area contributed by atoms with Gasteiger partial charge in [0.2, 0.25) is 0 Å². The fourth-order valence-corrected chi connectivity index (χ4v) is 4.43. The monoisotopic (exact) mass is 436 g/mol. The highest BCUT2D eigenvalue weighted by atomic mass is 16.1. The van der Waals surface area contributed by atoms with Gasteiger partial charge in [-0.3, -0.25) is 19.7 Å². The summed E-state index contributed by atoms with van der Waals surface area (Å²) in [7, 11) is 0. The van der Waals surface area contributed by atoms with E-state index in [4.69, 9.17) is 4.98 Å². The molecule has 5 heteroatoms. The Kier molecular flexibility index (Phi) is 5.88. The smallest absolute Gasteiger partial charge is 0.257 e. The number of hydrogen-bond acceptors (Lipinski definition) is 4. The predicted molar refractivity (Wildman–Crippen MR) is 133 cm³/mol. The van der Waals surface area contributed by atoms with Gasteiger partial charge in [0.25, 0.3) is 5.91 Å². The Morgan fingerprint density at radius 1 is 0.939 bits per heavy atom. The number of carbonyl (C=O) groups excluding carboxylic acids is 1. The number of rotatable bonds is 5. The minimum absolute atomic E-state index is 0.175. The van der Waals surface area contributed by atoms with Gasteiger partial charge in [0.05, 0.1) is 16.8 Å². The molecule has 0 atom stereocenters. The van der Waals surface area contributed by atoms with Crippen LogP contribution in [0, 0.1) is 13.8 Å². The largest absolute Gasteiger partial charge is 0.322 e. The average Bonchev–Trinajstić information content (AvgIpc) is 3.34. The van der Waals surface area contributed by atoms with E-state index in [0.717, 1.165) is 40.0 Å². The maximum absolute atomic E-state index is 12.9. The third-order valence-electron chi connectivity index (χ3n) is 6.39. The second kappa shape index (κ2) is 9.12. The first-order chi connectivity index (χ1) is 16.1. The van der Waals surface area contributed by atoms with Crippen molar-refractivity contribution in [1.82, 2.24) is 14.9 Å². The van der Waals surface area contributed by atoms with E-state index >= 15 is 0 Å². The van der Waals surface area contributed by atoms with Crippen molar-refractivity contribution in [3.8, 4) is 11.3 Å². The number of carbonyl (C=O) groups is 1. The minimum atomic E-state index is -0.175. The molecule has 0 radical (unpaired) electrons. The summed E-state index contributed by atoms with van der Waals surface area (Å²) in [6.45, 7) is 7.35. The molecule has 0 unspecified atom stereocenters. The fourth-order valence-electron chi connectivity index (χ4n) is 4.43. The maximum Gasteiger partial charge on any atom is 0.257 e. The molecule has 166 valence electrons. The molecule has 5 rings (SSSR count). The highest BCUT2D eigenvalue weighted by Crippen LogP contribution is 2.26. The normalized spacial score (nSPS) is 14.0. The molecule has 1 fully saturated rings. The van der Waals surface area contributed by atoms with Crippen molar-refractivity contribution in [3.63, 3.8) is 0 Å². The van der Waals surface area contributed by atoms with Crippen LogP contribution in [0.4, 0.5) is 5.69 Å². The number of benzene rings is 2. The Balaban J connectivity index is 1.32. The number of hydrogen-bond donors (Lipinski definition) is 1. The number of nitrogens with zero attached hydrogens (tertiary/aromatic N) is 3. The standard InChI is InChI=1S/C28H28N4O/c1-19-5-7-22(8-6-19)26-12-10-24(17-29-26)28(33)31-25-11-9-23-15-21(16-30-27(23)20(25)2)18-32-13-3-4-14-32/h5-12,15-17H,3-4,13-14,18H2,1-2H3,(H,31,33). The number of aromatic nitrogens is 2.